The number of hydrogen-bond donors (Lipinski definition) is 2. The highest BCUT2D eigenvalue weighted by molar-refractivity contribution is 5.84. The molecule has 0 spiro atoms. The van der Waals surface area contributed by atoms with E-state index in [2.05, 4.69) is 4.98 Å². The van der Waals surface area contributed by atoms with Crippen LogP contribution < -0.4 is 9.47 Å². The summed E-state index contributed by atoms with van der Waals surface area (Å²) < 4.78 is 10.9. The molecular weight excluding hydrogens is 254 g/mol. The van der Waals surface area contributed by atoms with Crippen molar-refractivity contribution in [2.24, 2.45) is 0 Å². The van der Waals surface area contributed by atoms with Crippen molar-refractivity contribution < 1.29 is 14.6 Å². The number of H-pyrrole nitrogens is 1. The van der Waals surface area contributed by atoms with Crippen LogP contribution in [-0.4, -0.2) is 17.2 Å². The van der Waals surface area contributed by atoms with E-state index in [-0.39, 0.29) is 5.75 Å². The van der Waals surface area contributed by atoms with Crippen LogP contribution in [0.25, 0.3) is 10.9 Å². The van der Waals surface area contributed by atoms with E-state index in [0.717, 1.165) is 28.0 Å². The third-order valence-electron chi connectivity index (χ3n) is 3.20. The lowest BCUT2D eigenvalue weighted by Crippen LogP contribution is -1.94. The van der Waals surface area contributed by atoms with Crippen LogP contribution in [0.4, 0.5) is 0 Å². The van der Waals surface area contributed by atoms with E-state index < -0.39 is 0 Å². The van der Waals surface area contributed by atoms with Gasteiger partial charge in [-0.15, -0.1) is 0 Å². The zero-order valence-electron chi connectivity index (χ0n) is 11.1. The van der Waals surface area contributed by atoms with E-state index in [1.807, 2.05) is 36.5 Å². The van der Waals surface area contributed by atoms with Crippen LogP contribution >= 0.6 is 0 Å². The van der Waals surface area contributed by atoms with Crippen LogP contribution in [0.2, 0.25) is 0 Å². The van der Waals surface area contributed by atoms with Gasteiger partial charge in [-0.1, -0.05) is 0 Å². The molecule has 0 atom stereocenters. The third-order valence-corrected chi connectivity index (χ3v) is 3.20. The van der Waals surface area contributed by atoms with Crippen molar-refractivity contribution in [3.05, 3.63) is 54.2 Å². The molecular formula is C16H15NO3. The van der Waals surface area contributed by atoms with Crippen molar-refractivity contribution in [2.75, 3.05) is 7.11 Å². The number of methoxy groups -OCH3 is 1. The van der Waals surface area contributed by atoms with E-state index in [1.165, 1.54) is 0 Å². The van der Waals surface area contributed by atoms with Crippen molar-refractivity contribution in [2.45, 2.75) is 6.61 Å². The predicted octanol–water partition coefficient (Wildman–Crippen LogP) is 3.46. The number of aromatic amines is 1. The molecule has 102 valence electrons. The highest BCUT2D eigenvalue weighted by Crippen LogP contribution is 2.24. The van der Waals surface area contributed by atoms with Gasteiger partial charge in [0, 0.05) is 28.7 Å². The molecule has 0 unspecified atom stereocenters. The van der Waals surface area contributed by atoms with Gasteiger partial charge < -0.3 is 19.6 Å². The fraction of sp³-hybridized carbons (Fsp3) is 0.125. The molecule has 0 radical (unpaired) electrons. The Kier molecular flexibility index (Phi) is 3.21. The summed E-state index contributed by atoms with van der Waals surface area (Å²) >= 11 is 0. The standard InChI is InChI=1S/C16H15NO3/c1-19-13-3-5-14(6-4-13)20-10-11-9-17-16-8-12(18)2-7-15(11)16/h2-9,17-18H,10H2,1H3. The van der Waals surface area contributed by atoms with Gasteiger partial charge in [0.1, 0.15) is 23.9 Å². The Bertz CT molecular complexity index is 716. The van der Waals surface area contributed by atoms with Gasteiger partial charge in [-0.25, -0.2) is 0 Å². The SMILES string of the molecule is COc1ccc(OCc2c[nH]c3cc(O)ccc23)cc1. The van der Waals surface area contributed by atoms with Gasteiger partial charge in [0.2, 0.25) is 0 Å². The highest BCUT2D eigenvalue weighted by atomic mass is 16.5. The molecule has 0 saturated carbocycles. The molecule has 2 aromatic carbocycles. The fourth-order valence-electron chi connectivity index (χ4n) is 2.13. The summed E-state index contributed by atoms with van der Waals surface area (Å²) in [6.07, 6.45) is 1.90. The van der Waals surface area contributed by atoms with Crippen LogP contribution in [0, 0.1) is 0 Å². The number of phenolic OH excluding ortho intramolecular Hbond substituents is 1. The van der Waals surface area contributed by atoms with E-state index in [0.29, 0.717) is 6.61 Å². The maximum Gasteiger partial charge on any atom is 0.120 e. The number of hydrogen-bond acceptors (Lipinski definition) is 3. The van der Waals surface area contributed by atoms with Gasteiger partial charge >= 0.3 is 0 Å². The summed E-state index contributed by atoms with van der Waals surface area (Å²) in [5.74, 6) is 1.85. The van der Waals surface area contributed by atoms with Crippen molar-refractivity contribution in [1.29, 1.82) is 0 Å². The maximum absolute atomic E-state index is 9.43. The molecule has 1 aromatic heterocycles. The lowest BCUT2D eigenvalue weighted by molar-refractivity contribution is 0.307. The average molecular weight is 269 g/mol. The molecule has 1 heterocycles. The second-order valence-corrected chi connectivity index (χ2v) is 4.51. The molecule has 0 bridgehead atoms. The fourth-order valence-corrected chi connectivity index (χ4v) is 2.13. The molecule has 0 aliphatic rings. The predicted molar refractivity (Wildman–Crippen MR) is 77.3 cm³/mol. The first-order chi connectivity index (χ1) is 9.76. The molecule has 4 heteroatoms. The number of phenols is 1. The molecule has 0 aliphatic heterocycles. The summed E-state index contributed by atoms with van der Waals surface area (Å²) in [4.78, 5) is 3.12. The minimum Gasteiger partial charge on any atom is -0.508 e. The Morgan fingerprint density at radius 2 is 1.80 bits per heavy atom. The van der Waals surface area contributed by atoms with Crippen molar-refractivity contribution in [1.82, 2.24) is 4.98 Å². The second kappa shape index (κ2) is 5.17. The minimum absolute atomic E-state index is 0.252. The van der Waals surface area contributed by atoms with Gasteiger partial charge in [0.15, 0.2) is 0 Å². The van der Waals surface area contributed by atoms with Gasteiger partial charge in [0.05, 0.1) is 7.11 Å². The van der Waals surface area contributed by atoms with Crippen LogP contribution in [0.5, 0.6) is 17.2 Å². The number of rotatable bonds is 4. The number of ether oxygens (including phenoxy) is 2. The molecule has 0 aliphatic carbocycles. The second-order valence-electron chi connectivity index (χ2n) is 4.51. The summed E-state index contributed by atoms with van der Waals surface area (Å²) in [7, 11) is 1.64. The van der Waals surface area contributed by atoms with Gasteiger partial charge in [-0.3, -0.25) is 0 Å². The first-order valence-electron chi connectivity index (χ1n) is 6.32. The van der Waals surface area contributed by atoms with Crippen molar-refractivity contribution >= 4 is 10.9 Å². The minimum atomic E-state index is 0.252. The van der Waals surface area contributed by atoms with E-state index in [9.17, 15) is 5.11 Å². The highest BCUT2D eigenvalue weighted by Gasteiger charge is 2.05. The molecule has 3 rings (SSSR count). The number of aromatic nitrogens is 1. The number of fused-ring (bicyclic) bond motifs is 1. The smallest absolute Gasteiger partial charge is 0.120 e. The van der Waals surface area contributed by atoms with E-state index in [1.54, 1.807) is 19.2 Å². The van der Waals surface area contributed by atoms with Crippen LogP contribution in [0.3, 0.4) is 0 Å². The average Bonchev–Trinajstić information content (AvgIpc) is 2.88. The molecule has 20 heavy (non-hydrogen) atoms. The summed E-state index contributed by atoms with van der Waals surface area (Å²) in [5, 5.41) is 10.5. The third kappa shape index (κ3) is 2.40. The van der Waals surface area contributed by atoms with Crippen LogP contribution in [0.15, 0.2) is 48.7 Å². The number of benzene rings is 2. The summed E-state index contributed by atoms with van der Waals surface area (Å²) in [5.41, 5.74) is 1.95. The van der Waals surface area contributed by atoms with Gasteiger partial charge in [0.25, 0.3) is 0 Å². The topological polar surface area (TPSA) is 54.5 Å². The molecule has 0 fully saturated rings. The molecule has 2 N–H and O–H groups in total. The number of aromatic hydroxyl groups is 1. The largest absolute Gasteiger partial charge is 0.508 e. The lowest BCUT2D eigenvalue weighted by Gasteiger charge is -2.06. The lowest BCUT2D eigenvalue weighted by atomic mass is 10.2. The monoisotopic (exact) mass is 269 g/mol. The Labute approximate surface area is 116 Å². The Hall–Kier alpha value is -2.62. The normalized spacial score (nSPS) is 10.7. The maximum atomic E-state index is 9.43. The van der Waals surface area contributed by atoms with Crippen molar-refractivity contribution in [3.8, 4) is 17.2 Å². The van der Waals surface area contributed by atoms with Crippen molar-refractivity contribution in [3.63, 3.8) is 0 Å². The Balaban J connectivity index is 1.76. The van der Waals surface area contributed by atoms with E-state index >= 15 is 0 Å². The van der Waals surface area contributed by atoms with Gasteiger partial charge in [-0.05, 0) is 36.4 Å². The zero-order valence-corrected chi connectivity index (χ0v) is 11.1. The first-order valence-corrected chi connectivity index (χ1v) is 6.32. The molecule has 0 amide bonds. The Morgan fingerprint density at radius 1 is 1.05 bits per heavy atom. The van der Waals surface area contributed by atoms with E-state index in [4.69, 9.17) is 9.47 Å². The molecule has 0 saturated heterocycles. The van der Waals surface area contributed by atoms with Crippen LogP contribution in [-0.2, 0) is 6.61 Å². The molecule has 3 aromatic rings. The van der Waals surface area contributed by atoms with Crippen LogP contribution in [0.1, 0.15) is 5.56 Å². The summed E-state index contributed by atoms with van der Waals surface area (Å²) in [6, 6.07) is 12.7. The zero-order chi connectivity index (χ0) is 13.9. The first kappa shape index (κ1) is 12.4. The number of nitrogens with one attached hydrogen (secondary N) is 1. The Morgan fingerprint density at radius 3 is 2.55 bits per heavy atom. The summed E-state index contributed by atoms with van der Waals surface area (Å²) in [6.45, 7) is 0.469. The molecule has 4 nitrogen and oxygen atoms in total. The quantitative estimate of drug-likeness (QED) is 0.762. The van der Waals surface area contributed by atoms with Gasteiger partial charge in [-0.2, -0.15) is 0 Å².